The van der Waals surface area contributed by atoms with Crippen molar-refractivity contribution in [3.05, 3.63) is 135 Å². The van der Waals surface area contributed by atoms with Crippen LogP contribution in [0.15, 0.2) is 97.2 Å². The van der Waals surface area contributed by atoms with Gasteiger partial charge in [0.2, 0.25) is 5.91 Å². The van der Waals surface area contributed by atoms with Gasteiger partial charge < -0.3 is 15.0 Å². The number of para-hydroxylation sites is 1. The first kappa shape index (κ1) is 27.9. The molecule has 4 aromatic rings. The molecule has 9 heteroatoms. The summed E-state index contributed by atoms with van der Waals surface area (Å²) in [6, 6.07) is 26.2. The summed E-state index contributed by atoms with van der Waals surface area (Å²) < 4.78 is 5.39. The van der Waals surface area contributed by atoms with Crippen molar-refractivity contribution in [3.63, 3.8) is 0 Å². The highest BCUT2D eigenvalue weighted by Gasteiger charge is 2.70. The van der Waals surface area contributed by atoms with Crippen molar-refractivity contribution in [2.45, 2.75) is 17.5 Å². The molecule has 0 saturated carbocycles. The van der Waals surface area contributed by atoms with E-state index in [4.69, 9.17) is 33.2 Å². The second kappa shape index (κ2) is 10.7. The van der Waals surface area contributed by atoms with Gasteiger partial charge in [0.25, 0.3) is 0 Å². The Bertz CT molecular complexity index is 1930. The Hall–Kier alpha value is -4.90. The zero-order chi connectivity index (χ0) is 30.6. The number of nitrogens with one attached hydrogen (secondary N) is 1. The summed E-state index contributed by atoms with van der Waals surface area (Å²) in [6.07, 6.45) is 3.71. The quantitative estimate of drug-likeness (QED) is 0.236. The second-order valence-electron chi connectivity index (χ2n) is 10.9. The van der Waals surface area contributed by atoms with E-state index in [0.29, 0.717) is 27.6 Å². The molecule has 3 aliphatic heterocycles. The number of rotatable bonds is 6. The third-order valence-corrected chi connectivity index (χ3v) is 9.31. The van der Waals surface area contributed by atoms with Gasteiger partial charge >= 0.3 is 0 Å². The average molecular weight is 620 g/mol. The molecular weight excluding hydrogens is 597 g/mol. The largest absolute Gasteiger partial charge is 0.479 e. The van der Waals surface area contributed by atoms with E-state index in [1.54, 1.807) is 36.4 Å². The van der Waals surface area contributed by atoms with Crippen molar-refractivity contribution >= 4 is 52.4 Å². The Balaban J connectivity index is 1.49. The van der Waals surface area contributed by atoms with Gasteiger partial charge in [-0.1, -0.05) is 65.7 Å². The number of hydrogen-bond acceptors (Lipinski definition) is 6. The first-order valence-electron chi connectivity index (χ1n) is 13.9. The van der Waals surface area contributed by atoms with Crippen LogP contribution < -0.4 is 10.1 Å². The molecule has 3 heterocycles. The fraction of sp³-hybridized carbons (Fsp3) is 0.143. The number of nitrogens with zero attached hydrogens (tertiary/aromatic N) is 2. The van der Waals surface area contributed by atoms with E-state index < -0.39 is 29.2 Å². The van der Waals surface area contributed by atoms with Gasteiger partial charge in [0.15, 0.2) is 18.2 Å². The number of ketones is 2. The van der Waals surface area contributed by atoms with Crippen LogP contribution in [0.2, 0.25) is 10.0 Å². The number of fused-ring (bicyclic) bond motifs is 6. The standard InChI is InChI=1S/C35H23Cl2N3O4/c36-22-11-14-25(27(37)19-22)32(42)30-29(31(41)21-9-12-23(13-10-21)44-18-16-38)35(26-7-3-4-8-28(26)39-34(35)43)33-24-6-2-1-5-20(24)15-17-40(30)33/h1-15,17,19,29-30,33H,18H2,(H,39,43)/t29-,30+,33+,35+/m0/s1. The smallest absolute Gasteiger partial charge is 0.238 e. The fourth-order valence-electron chi connectivity index (χ4n) is 7.03. The lowest BCUT2D eigenvalue weighted by molar-refractivity contribution is -0.122. The summed E-state index contributed by atoms with van der Waals surface area (Å²) in [5, 5.41) is 12.5. The Morgan fingerprint density at radius 2 is 1.70 bits per heavy atom. The van der Waals surface area contributed by atoms with E-state index in [1.807, 2.05) is 71.8 Å². The molecule has 44 heavy (non-hydrogen) atoms. The van der Waals surface area contributed by atoms with Gasteiger partial charge in [-0.2, -0.15) is 5.26 Å². The minimum atomic E-state index is -1.47. The van der Waals surface area contributed by atoms with Crippen molar-refractivity contribution < 1.29 is 19.1 Å². The SMILES string of the molecule is N#CCOc1ccc(C(=O)[C@@H]2[C@H](C(=O)c3ccc(Cl)cc3Cl)N3C=Cc4ccccc4[C@@H]3[C@]23C(=O)Nc2ccccc23)cc1. The topological polar surface area (TPSA) is 99.5 Å². The monoisotopic (exact) mass is 619 g/mol. The molecule has 7 nitrogen and oxygen atoms in total. The predicted octanol–water partition coefficient (Wildman–Crippen LogP) is 6.88. The molecular formula is C35H23Cl2N3O4. The summed E-state index contributed by atoms with van der Waals surface area (Å²) in [4.78, 5) is 46.0. The molecule has 1 N–H and O–H groups in total. The predicted molar refractivity (Wildman–Crippen MR) is 167 cm³/mol. The molecule has 3 aliphatic rings. The number of hydrogen-bond donors (Lipinski definition) is 1. The van der Waals surface area contributed by atoms with Crippen LogP contribution in [-0.2, 0) is 10.2 Å². The van der Waals surface area contributed by atoms with Gasteiger partial charge in [-0.15, -0.1) is 0 Å². The van der Waals surface area contributed by atoms with Crippen LogP contribution in [0.5, 0.6) is 5.75 Å². The number of carbonyl (C=O) groups excluding carboxylic acids is 3. The van der Waals surface area contributed by atoms with E-state index >= 15 is 0 Å². The number of Topliss-reactive ketones (excluding diaryl/α,β-unsaturated/α-hetero) is 2. The molecule has 0 aliphatic carbocycles. The number of amides is 1. The van der Waals surface area contributed by atoms with Gasteiger partial charge in [-0.25, -0.2) is 0 Å². The molecule has 216 valence electrons. The number of ether oxygens (including phenoxy) is 1. The maximum atomic E-state index is 14.9. The van der Waals surface area contributed by atoms with Crippen molar-refractivity contribution in [2.75, 3.05) is 11.9 Å². The van der Waals surface area contributed by atoms with E-state index in [2.05, 4.69) is 5.32 Å². The van der Waals surface area contributed by atoms with E-state index in [9.17, 15) is 14.4 Å². The Labute approximate surface area is 263 Å². The van der Waals surface area contributed by atoms with Crippen LogP contribution in [-0.4, -0.2) is 35.0 Å². The summed E-state index contributed by atoms with van der Waals surface area (Å²) in [6.45, 7) is -0.142. The molecule has 1 amide bonds. The van der Waals surface area contributed by atoms with Crippen molar-refractivity contribution in [1.82, 2.24) is 4.90 Å². The minimum absolute atomic E-state index is 0.142. The molecule has 0 radical (unpaired) electrons. The zero-order valence-electron chi connectivity index (χ0n) is 23.0. The number of halogens is 2. The second-order valence-corrected chi connectivity index (χ2v) is 11.8. The molecule has 7 rings (SSSR count). The van der Waals surface area contributed by atoms with Crippen molar-refractivity contribution in [2.24, 2.45) is 5.92 Å². The highest BCUT2D eigenvalue weighted by Crippen LogP contribution is 2.62. The zero-order valence-corrected chi connectivity index (χ0v) is 24.5. The third kappa shape index (κ3) is 4.06. The highest BCUT2D eigenvalue weighted by atomic mass is 35.5. The van der Waals surface area contributed by atoms with E-state index in [1.165, 1.54) is 6.07 Å². The van der Waals surface area contributed by atoms with Crippen LogP contribution in [0, 0.1) is 17.2 Å². The molecule has 0 aromatic heterocycles. The fourth-order valence-corrected chi connectivity index (χ4v) is 7.53. The van der Waals surface area contributed by atoms with E-state index in [-0.39, 0.29) is 28.9 Å². The molecule has 4 atom stereocenters. The third-order valence-electron chi connectivity index (χ3n) is 8.76. The lowest BCUT2D eigenvalue weighted by Gasteiger charge is -2.38. The maximum Gasteiger partial charge on any atom is 0.238 e. The van der Waals surface area contributed by atoms with Crippen molar-refractivity contribution in [3.8, 4) is 11.8 Å². The van der Waals surface area contributed by atoms with Gasteiger partial charge in [-0.05, 0) is 71.3 Å². The average Bonchev–Trinajstić information content (AvgIpc) is 3.51. The molecule has 0 unspecified atom stereocenters. The minimum Gasteiger partial charge on any atom is -0.479 e. The van der Waals surface area contributed by atoms with Crippen LogP contribution >= 0.6 is 23.2 Å². The normalized spacial score (nSPS) is 22.5. The van der Waals surface area contributed by atoms with Crippen LogP contribution in [0.3, 0.4) is 0 Å². The molecule has 1 spiro atoms. The number of anilines is 1. The maximum absolute atomic E-state index is 14.9. The molecule has 0 bridgehead atoms. The van der Waals surface area contributed by atoms with E-state index in [0.717, 1.165) is 11.1 Å². The van der Waals surface area contributed by atoms with Gasteiger partial charge in [-0.3, -0.25) is 14.4 Å². The molecule has 4 aromatic carbocycles. The summed E-state index contributed by atoms with van der Waals surface area (Å²) in [5.74, 6) is -1.88. The van der Waals surface area contributed by atoms with Gasteiger partial charge in [0, 0.05) is 28.0 Å². The summed E-state index contributed by atoms with van der Waals surface area (Å²) in [7, 11) is 0. The lowest BCUT2D eigenvalue weighted by atomic mass is 9.62. The Morgan fingerprint density at radius 1 is 0.955 bits per heavy atom. The van der Waals surface area contributed by atoms with Crippen LogP contribution in [0.25, 0.3) is 6.08 Å². The molecule has 1 saturated heterocycles. The van der Waals surface area contributed by atoms with Gasteiger partial charge in [0.05, 0.1) is 17.0 Å². The number of carbonyl (C=O) groups is 3. The van der Waals surface area contributed by atoms with Crippen LogP contribution in [0.1, 0.15) is 43.4 Å². The molecule has 1 fully saturated rings. The van der Waals surface area contributed by atoms with Crippen molar-refractivity contribution in [1.29, 1.82) is 5.26 Å². The number of nitriles is 1. The van der Waals surface area contributed by atoms with Crippen LogP contribution in [0.4, 0.5) is 5.69 Å². The first-order chi connectivity index (χ1) is 21.4. The number of benzene rings is 4. The highest BCUT2D eigenvalue weighted by molar-refractivity contribution is 6.37. The summed E-state index contributed by atoms with van der Waals surface area (Å²) in [5.41, 5.74) is 2.01. The first-order valence-corrected chi connectivity index (χ1v) is 14.7. The summed E-state index contributed by atoms with van der Waals surface area (Å²) >= 11 is 12.8. The lowest BCUT2D eigenvalue weighted by Crippen LogP contribution is -2.49. The Morgan fingerprint density at radius 3 is 2.48 bits per heavy atom. The Kier molecular flexibility index (Phi) is 6.77. The van der Waals surface area contributed by atoms with Gasteiger partial charge in [0.1, 0.15) is 23.3 Å².